The molecule has 0 amide bonds. The van der Waals surface area contributed by atoms with Crippen LogP contribution in [0.15, 0.2) is 30.3 Å². The molecular formula is C23H36O10. The number of benzene rings is 1. The van der Waals surface area contributed by atoms with Crippen molar-refractivity contribution in [2.24, 2.45) is 0 Å². The van der Waals surface area contributed by atoms with Crippen molar-refractivity contribution in [2.45, 2.75) is 0 Å². The predicted octanol–water partition coefficient (Wildman–Crippen LogP) is 1.16. The summed E-state index contributed by atoms with van der Waals surface area (Å²) in [6.07, 6.45) is 0. The van der Waals surface area contributed by atoms with Gasteiger partial charge in [-0.3, -0.25) is 4.79 Å². The summed E-state index contributed by atoms with van der Waals surface area (Å²) in [5.41, 5.74) is 0.301. The van der Waals surface area contributed by atoms with Gasteiger partial charge in [-0.1, -0.05) is 30.3 Å². The normalized spacial score (nSPS) is 10.9. The van der Waals surface area contributed by atoms with Gasteiger partial charge in [0.2, 0.25) is 0 Å². The first kappa shape index (κ1) is 29.1. The zero-order valence-electron chi connectivity index (χ0n) is 19.4. The summed E-state index contributed by atoms with van der Waals surface area (Å²) in [6, 6.07) is 8.26. The molecule has 0 aliphatic rings. The molecule has 0 fully saturated rings. The van der Waals surface area contributed by atoms with Crippen LogP contribution in [0.1, 0.15) is 10.4 Å². The third-order valence-electron chi connectivity index (χ3n) is 3.97. The Hall–Kier alpha value is -1.92. The van der Waals surface area contributed by atoms with Gasteiger partial charge in [-0.25, -0.2) is 4.79 Å². The Morgan fingerprint density at radius 1 is 0.545 bits per heavy atom. The van der Waals surface area contributed by atoms with Crippen LogP contribution in [0.4, 0.5) is 0 Å². The maximum Gasteiger partial charge on any atom is 0.379 e. The highest BCUT2D eigenvalue weighted by Crippen LogP contribution is 2.01. The lowest BCUT2D eigenvalue weighted by atomic mass is 10.1. The molecule has 0 radical (unpaired) electrons. The zero-order valence-corrected chi connectivity index (χ0v) is 19.4. The second-order valence-corrected chi connectivity index (χ2v) is 6.50. The van der Waals surface area contributed by atoms with Gasteiger partial charge in [-0.2, -0.15) is 0 Å². The second-order valence-electron chi connectivity index (χ2n) is 6.50. The zero-order chi connectivity index (χ0) is 23.8. The van der Waals surface area contributed by atoms with Crippen molar-refractivity contribution < 1.29 is 47.5 Å². The van der Waals surface area contributed by atoms with Gasteiger partial charge in [0.05, 0.1) is 85.9 Å². The van der Waals surface area contributed by atoms with Crippen LogP contribution in [-0.4, -0.2) is 111 Å². The van der Waals surface area contributed by atoms with Gasteiger partial charge in [0, 0.05) is 12.7 Å². The Labute approximate surface area is 195 Å². The molecule has 0 saturated heterocycles. The van der Waals surface area contributed by atoms with E-state index in [4.69, 9.17) is 37.9 Å². The first-order chi connectivity index (χ1) is 16.3. The fourth-order valence-corrected chi connectivity index (χ4v) is 2.31. The average Bonchev–Trinajstić information content (AvgIpc) is 2.85. The van der Waals surface area contributed by atoms with Gasteiger partial charge in [0.15, 0.2) is 0 Å². The summed E-state index contributed by atoms with van der Waals surface area (Å²) in [5.74, 6) is -1.56. The Morgan fingerprint density at radius 3 is 1.30 bits per heavy atom. The van der Waals surface area contributed by atoms with Crippen LogP contribution >= 0.6 is 0 Å². The molecule has 10 nitrogen and oxygen atoms in total. The van der Waals surface area contributed by atoms with Crippen molar-refractivity contribution in [2.75, 3.05) is 99.6 Å². The molecular weight excluding hydrogens is 436 g/mol. The van der Waals surface area contributed by atoms with Crippen LogP contribution in [0.2, 0.25) is 0 Å². The highest BCUT2D eigenvalue weighted by Gasteiger charge is 2.16. The van der Waals surface area contributed by atoms with Gasteiger partial charge < -0.3 is 37.9 Å². The summed E-state index contributed by atoms with van der Waals surface area (Å²) >= 11 is 0. The van der Waals surface area contributed by atoms with E-state index in [-0.39, 0.29) is 13.2 Å². The Balaban J connectivity index is 1.75. The van der Waals surface area contributed by atoms with Gasteiger partial charge in [0.1, 0.15) is 6.61 Å². The molecule has 1 aromatic rings. The third kappa shape index (κ3) is 17.3. The van der Waals surface area contributed by atoms with Crippen molar-refractivity contribution >= 4 is 11.8 Å². The maximum absolute atomic E-state index is 11.8. The number of esters is 1. The molecule has 1 aromatic carbocycles. The van der Waals surface area contributed by atoms with E-state index < -0.39 is 11.8 Å². The predicted molar refractivity (Wildman–Crippen MR) is 119 cm³/mol. The molecule has 0 saturated carbocycles. The van der Waals surface area contributed by atoms with Crippen LogP contribution in [0.5, 0.6) is 0 Å². The number of Topliss-reactive ketones (excluding diaryl/α,β-unsaturated/α-hetero) is 1. The van der Waals surface area contributed by atoms with E-state index in [1.165, 1.54) is 0 Å². The Bertz CT molecular complexity index is 596. The van der Waals surface area contributed by atoms with Crippen molar-refractivity contribution in [3.63, 3.8) is 0 Å². The van der Waals surface area contributed by atoms with Gasteiger partial charge in [-0.05, 0) is 0 Å². The Morgan fingerprint density at radius 2 is 0.909 bits per heavy atom. The van der Waals surface area contributed by atoms with Crippen LogP contribution in [0.25, 0.3) is 0 Å². The van der Waals surface area contributed by atoms with Crippen LogP contribution in [0.3, 0.4) is 0 Å². The molecule has 0 aliphatic carbocycles. The number of carbonyl (C=O) groups excluding carboxylic acids is 2. The lowest BCUT2D eigenvalue weighted by Gasteiger charge is -2.08. The quantitative estimate of drug-likeness (QED) is 0.0996. The molecule has 10 heteroatoms. The number of ether oxygens (including phenoxy) is 8. The summed E-state index contributed by atoms with van der Waals surface area (Å²) in [6.45, 7) is 6.05. The Kier molecular flexibility index (Phi) is 19.3. The molecule has 0 bridgehead atoms. The lowest BCUT2D eigenvalue weighted by molar-refractivity contribution is -0.139. The molecule has 0 aliphatic heterocycles. The highest BCUT2D eigenvalue weighted by molar-refractivity contribution is 6.40. The van der Waals surface area contributed by atoms with Crippen molar-refractivity contribution in [1.82, 2.24) is 0 Å². The van der Waals surface area contributed by atoms with E-state index in [0.717, 1.165) is 0 Å². The van der Waals surface area contributed by atoms with E-state index in [1.807, 2.05) is 0 Å². The monoisotopic (exact) mass is 472 g/mol. The largest absolute Gasteiger partial charge is 0.457 e. The second kappa shape index (κ2) is 21.9. The molecule has 0 heterocycles. The maximum atomic E-state index is 11.8. The fraction of sp³-hybridized carbons (Fsp3) is 0.652. The van der Waals surface area contributed by atoms with E-state index >= 15 is 0 Å². The summed E-state index contributed by atoms with van der Waals surface area (Å²) in [7, 11) is 1.63. The van der Waals surface area contributed by atoms with Gasteiger partial charge >= 0.3 is 5.97 Å². The van der Waals surface area contributed by atoms with Crippen molar-refractivity contribution in [1.29, 1.82) is 0 Å². The number of hydrogen-bond donors (Lipinski definition) is 0. The SMILES string of the molecule is COCCOCCOCCOCCOCCOCCOCCOC(=O)C(=O)c1ccccc1. The van der Waals surface area contributed by atoms with Crippen LogP contribution in [0, 0.1) is 0 Å². The highest BCUT2D eigenvalue weighted by atomic mass is 16.6. The number of rotatable bonds is 23. The lowest BCUT2D eigenvalue weighted by Crippen LogP contribution is -2.20. The smallest absolute Gasteiger partial charge is 0.379 e. The van der Waals surface area contributed by atoms with E-state index in [9.17, 15) is 9.59 Å². The minimum absolute atomic E-state index is 0.00766. The van der Waals surface area contributed by atoms with Crippen LogP contribution in [-0.2, 0) is 42.7 Å². The number of hydrogen-bond acceptors (Lipinski definition) is 10. The van der Waals surface area contributed by atoms with Crippen molar-refractivity contribution in [3.05, 3.63) is 35.9 Å². The third-order valence-corrected chi connectivity index (χ3v) is 3.97. The standard InChI is InChI=1S/C23H36O10/c1-26-7-8-27-9-10-28-11-12-29-13-14-30-15-16-31-17-18-32-19-20-33-23(25)22(24)21-5-3-2-4-6-21/h2-6H,7-20H2,1H3. The summed E-state index contributed by atoms with van der Waals surface area (Å²) in [4.78, 5) is 23.5. The summed E-state index contributed by atoms with van der Waals surface area (Å²) in [5, 5.41) is 0. The average molecular weight is 473 g/mol. The van der Waals surface area contributed by atoms with E-state index in [2.05, 4.69) is 0 Å². The molecule has 33 heavy (non-hydrogen) atoms. The molecule has 1 rings (SSSR count). The number of ketones is 1. The molecule has 188 valence electrons. The topological polar surface area (TPSA) is 108 Å². The van der Waals surface area contributed by atoms with E-state index in [1.54, 1.807) is 37.4 Å². The molecule has 0 unspecified atom stereocenters. The first-order valence-electron chi connectivity index (χ1n) is 11.0. The number of carbonyl (C=O) groups is 2. The van der Waals surface area contributed by atoms with Gasteiger partial charge in [0.25, 0.3) is 5.78 Å². The fourth-order valence-electron chi connectivity index (χ4n) is 2.31. The van der Waals surface area contributed by atoms with Crippen LogP contribution < -0.4 is 0 Å². The summed E-state index contributed by atoms with van der Waals surface area (Å²) < 4.78 is 41.8. The molecule has 0 atom stereocenters. The first-order valence-corrected chi connectivity index (χ1v) is 11.0. The molecule has 0 spiro atoms. The van der Waals surface area contributed by atoms with Crippen molar-refractivity contribution in [3.8, 4) is 0 Å². The molecule has 0 N–H and O–H groups in total. The van der Waals surface area contributed by atoms with E-state index in [0.29, 0.717) is 84.8 Å². The minimum Gasteiger partial charge on any atom is -0.457 e. The number of methoxy groups -OCH3 is 1. The van der Waals surface area contributed by atoms with Gasteiger partial charge in [-0.15, -0.1) is 0 Å². The minimum atomic E-state index is -0.891. The molecule has 0 aromatic heterocycles.